The largest absolute Gasteiger partial charge is 0.486 e. The summed E-state index contributed by atoms with van der Waals surface area (Å²) < 4.78 is 91.5. The molecule has 2 aromatic rings. The number of nitrogens with one attached hydrogen (secondary N) is 1. The lowest BCUT2D eigenvalue weighted by molar-refractivity contribution is -0.242. The van der Waals surface area contributed by atoms with E-state index in [4.69, 9.17) is 22.1 Å². The Bertz CT molecular complexity index is 1300. The number of benzene rings is 2. The predicted octanol–water partition coefficient (Wildman–Crippen LogP) is 5.45. The molecule has 0 saturated heterocycles. The number of fused-ring (bicyclic) bond motifs is 1. The molecule has 0 spiro atoms. The zero-order valence-corrected chi connectivity index (χ0v) is 21.9. The van der Waals surface area contributed by atoms with Crippen LogP contribution in [0.2, 0.25) is 5.02 Å². The van der Waals surface area contributed by atoms with Crippen LogP contribution >= 0.6 is 11.6 Å². The number of hydrogen-bond acceptors (Lipinski definition) is 6. The van der Waals surface area contributed by atoms with Gasteiger partial charge in [-0.3, -0.25) is 9.62 Å². The monoisotopic (exact) mass is 567 g/mol. The van der Waals surface area contributed by atoms with Crippen LogP contribution in [0.15, 0.2) is 41.3 Å². The van der Waals surface area contributed by atoms with Crippen molar-refractivity contribution in [3.05, 3.63) is 47.2 Å². The number of carbonyl (C=O) groups excluding carboxylic acids is 1. The maximum absolute atomic E-state index is 13.7. The molecule has 0 fully saturated rings. The van der Waals surface area contributed by atoms with Crippen molar-refractivity contribution < 1.29 is 40.2 Å². The lowest BCUT2D eigenvalue weighted by Crippen LogP contribution is -2.48. The van der Waals surface area contributed by atoms with Gasteiger partial charge in [0, 0.05) is 17.6 Å². The van der Waals surface area contributed by atoms with Gasteiger partial charge < -0.3 is 15.2 Å². The molecule has 0 aromatic heterocycles. The fourth-order valence-electron chi connectivity index (χ4n) is 3.51. The van der Waals surface area contributed by atoms with E-state index in [9.17, 15) is 30.8 Å². The van der Waals surface area contributed by atoms with Crippen molar-refractivity contribution in [2.24, 2.45) is 5.73 Å². The third-order valence-electron chi connectivity index (χ3n) is 5.40. The number of alkyl halides is 3. The number of halogens is 5. The average Bonchev–Trinajstić information content (AvgIpc) is 2.72. The number of ether oxygens (including phenoxy) is 2. The SMILES string of the molecule is CC(C)(N)C[C@H]1CN(S(=O)(=O)c2ccc(F)c(Cl)c2)c2cc(NC(=O)OC(C)(C)C(F)(F)F)ccc2O1. The number of nitrogens with two attached hydrogens (primary N) is 1. The molecule has 1 aliphatic rings. The molecule has 2 aromatic carbocycles. The highest BCUT2D eigenvalue weighted by Gasteiger charge is 2.51. The highest BCUT2D eigenvalue weighted by Crippen LogP contribution is 2.41. The van der Waals surface area contributed by atoms with E-state index in [0.717, 1.165) is 22.5 Å². The van der Waals surface area contributed by atoms with E-state index in [2.05, 4.69) is 10.1 Å². The first-order chi connectivity index (χ1) is 16.8. The number of amides is 1. The number of nitrogens with zero attached hydrogens (tertiary/aromatic N) is 1. The molecule has 37 heavy (non-hydrogen) atoms. The minimum absolute atomic E-state index is 0.0144. The molecule has 0 unspecified atom stereocenters. The van der Waals surface area contributed by atoms with Gasteiger partial charge in [-0.05, 0) is 64.1 Å². The molecule has 3 rings (SSSR count). The maximum Gasteiger partial charge on any atom is 0.427 e. The smallest absolute Gasteiger partial charge is 0.427 e. The summed E-state index contributed by atoms with van der Waals surface area (Å²) in [5, 5.41) is 1.77. The lowest BCUT2D eigenvalue weighted by Gasteiger charge is -2.38. The number of anilines is 2. The summed E-state index contributed by atoms with van der Waals surface area (Å²) in [6.45, 7) is 4.67. The van der Waals surface area contributed by atoms with E-state index in [1.165, 1.54) is 18.2 Å². The van der Waals surface area contributed by atoms with Crippen LogP contribution in [-0.4, -0.2) is 44.5 Å². The minimum atomic E-state index is -4.82. The second kappa shape index (κ2) is 9.84. The molecule has 3 N–H and O–H groups in total. The van der Waals surface area contributed by atoms with Crippen LogP contribution in [0.5, 0.6) is 5.75 Å². The first-order valence-electron chi connectivity index (χ1n) is 10.9. The molecule has 1 heterocycles. The fourth-order valence-corrected chi connectivity index (χ4v) is 5.28. The normalized spacial score (nSPS) is 16.6. The Hall–Kier alpha value is -2.77. The molecule has 14 heteroatoms. The van der Waals surface area contributed by atoms with Crippen molar-refractivity contribution in [2.75, 3.05) is 16.2 Å². The van der Waals surface area contributed by atoms with Gasteiger partial charge in [0.2, 0.25) is 5.60 Å². The Morgan fingerprint density at radius 2 is 1.84 bits per heavy atom. The molecule has 1 aliphatic heterocycles. The van der Waals surface area contributed by atoms with Gasteiger partial charge in [-0.2, -0.15) is 13.2 Å². The first-order valence-corrected chi connectivity index (χ1v) is 12.8. The van der Waals surface area contributed by atoms with Crippen LogP contribution in [0.3, 0.4) is 0 Å². The Labute approximate surface area is 216 Å². The van der Waals surface area contributed by atoms with Crippen molar-refractivity contribution in [3.8, 4) is 5.75 Å². The second-order valence-corrected chi connectivity index (χ2v) is 12.0. The minimum Gasteiger partial charge on any atom is -0.486 e. The Kier molecular flexibility index (Phi) is 7.66. The van der Waals surface area contributed by atoms with Crippen LogP contribution in [0.4, 0.5) is 33.7 Å². The first kappa shape index (κ1) is 28.8. The van der Waals surface area contributed by atoms with Gasteiger partial charge in [0.15, 0.2) is 0 Å². The van der Waals surface area contributed by atoms with Crippen molar-refractivity contribution in [1.82, 2.24) is 0 Å². The summed E-state index contributed by atoms with van der Waals surface area (Å²) in [6.07, 6.45) is -6.63. The summed E-state index contributed by atoms with van der Waals surface area (Å²) in [6, 6.07) is 6.80. The van der Waals surface area contributed by atoms with E-state index >= 15 is 0 Å². The highest BCUT2D eigenvalue weighted by atomic mass is 35.5. The molecular weight excluding hydrogens is 542 g/mol. The second-order valence-electron chi connectivity index (χ2n) is 9.75. The van der Waals surface area contributed by atoms with Gasteiger partial charge in [-0.25, -0.2) is 17.6 Å². The molecular formula is C23H26ClF4N3O5S. The standard InChI is InChI=1S/C23H26ClF4N3O5S/c1-21(2,29)11-14-12-31(37(33,34)15-6-7-17(25)16(24)10-15)18-9-13(5-8-19(18)35-14)30-20(32)36-22(3,4)23(26,27)28/h5-10,14H,11-12,29H2,1-4H3,(H,30,32)/t14-/m0/s1. The topological polar surface area (TPSA) is 111 Å². The fraction of sp³-hybridized carbons (Fsp3) is 0.435. The van der Waals surface area contributed by atoms with Crippen LogP contribution < -0.4 is 20.1 Å². The van der Waals surface area contributed by atoms with Crippen molar-refractivity contribution >= 4 is 39.1 Å². The Balaban J connectivity index is 2.00. The number of carbonyl (C=O) groups is 1. The maximum atomic E-state index is 13.7. The zero-order chi connectivity index (χ0) is 28.0. The molecule has 0 radical (unpaired) electrons. The molecule has 204 valence electrons. The molecule has 1 amide bonds. The van der Waals surface area contributed by atoms with Gasteiger partial charge in [0.25, 0.3) is 10.0 Å². The van der Waals surface area contributed by atoms with Crippen LogP contribution in [-0.2, 0) is 14.8 Å². The Morgan fingerprint density at radius 1 is 1.19 bits per heavy atom. The van der Waals surface area contributed by atoms with Crippen LogP contribution in [0.1, 0.15) is 34.1 Å². The third-order valence-corrected chi connectivity index (χ3v) is 7.47. The van der Waals surface area contributed by atoms with Gasteiger partial charge in [0.05, 0.1) is 22.2 Å². The van der Waals surface area contributed by atoms with Crippen molar-refractivity contribution in [1.29, 1.82) is 0 Å². The van der Waals surface area contributed by atoms with Gasteiger partial charge >= 0.3 is 12.3 Å². The Morgan fingerprint density at radius 3 is 2.41 bits per heavy atom. The summed E-state index contributed by atoms with van der Waals surface area (Å²) in [4.78, 5) is 11.9. The molecule has 0 aliphatic carbocycles. The van der Waals surface area contributed by atoms with E-state index in [-0.39, 0.29) is 35.0 Å². The summed E-state index contributed by atoms with van der Waals surface area (Å²) in [5.41, 5.74) is 2.55. The quantitative estimate of drug-likeness (QED) is 0.449. The average molecular weight is 568 g/mol. The van der Waals surface area contributed by atoms with Gasteiger partial charge in [0.1, 0.15) is 17.7 Å². The molecule has 1 atom stereocenters. The molecule has 8 nitrogen and oxygen atoms in total. The van der Waals surface area contributed by atoms with E-state index in [0.29, 0.717) is 13.8 Å². The third kappa shape index (κ3) is 6.57. The number of hydrogen-bond donors (Lipinski definition) is 2. The molecule has 0 saturated carbocycles. The van der Waals surface area contributed by atoms with Crippen molar-refractivity contribution in [2.45, 2.75) is 62.4 Å². The highest BCUT2D eigenvalue weighted by molar-refractivity contribution is 7.92. The number of sulfonamides is 1. The summed E-state index contributed by atoms with van der Waals surface area (Å²) >= 11 is 5.80. The van der Waals surface area contributed by atoms with E-state index in [1.807, 2.05) is 0 Å². The van der Waals surface area contributed by atoms with E-state index in [1.54, 1.807) is 13.8 Å². The van der Waals surface area contributed by atoms with Gasteiger partial charge in [-0.15, -0.1) is 0 Å². The molecule has 0 bridgehead atoms. The van der Waals surface area contributed by atoms with Gasteiger partial charge in [-0.1, -0.05) is 11.6 Å². The lowest BCUT2D eigenvalue weighted by atomic mass is 9.97. The zero-order valence-electron chi connectivity index (χ0n) is 20.3. The van der Waals surface area contributed by atoms with E-state index < -0.39 is 50.4 Å². The summed E-state index contributed by atoms with van der Waals surface area (Å²) in [5.74, 6) is -0.690. The summed E-state index contributed by atoms with van der Waals surface area (Å²) in [7, 11) is -4.33. The number of rotatable bonds is 6. The predicted molar refractivity (Wildman–Crippen MR) is 130 cm³/mol. The van der Waals surface area contributed by atoms with Crippen molar-refractivity contribution in [3.63, 3.8) is 0 Å². The van der Waals surface area contributed by atoms with Crippen LogP contribution in [0.25, 0.3) is 0 Å². The van der Waals surface area contributed by atoms with Crippen LogP contribution in [0, 0.1) is 5.82 Å².